The molecule has 9 heteroatoms. The van der Waals surface area contributed by atoms with Crippen molar-refractivity contribution in [2.24, 2.45) is 0 Å². The number of aliphatic hydroxyl groups excluding tert-OH is 1. The van der Waals surface area contributed by atoms with Crippen LogP contribution in [0.5, 0.6) is 5.75 Å². The Morgan fingerprint density at radius 1 is 1.05 bits per heavy atom. The Bertz CT molecular complexity index is 1010. The molecule has 2 N–H and O–H groups in total. The van der Waals surface area contributed by atoms with E-state index in [1.807, 2.05) is 0 Å². The van der Waals surface area contributed by atoms with Crippen molar-refractivity contribution in [3.05, 3.63) is 59.2 Å². The number of hydrogen-bond donors (Lipinski definition) is 2. The SMILES string of the molecule is COCCCN1CCOc2ccc(CO[C@H]3CNC[C@@H](OCC(C)O)[C@@H]3c3ccc(COCCSC)cc3)cc21. The number of fused-ring (bicyclic) bond motifs is 1. The number of benzene rings is 2. The molecule has 1 unspecified atom stereocenters. The highest BCUT2D eigenvalue weighted by Crippen LogP contribution is 2.34. The zero-order chi connectivity index (χ0) is 28.2. The Balaban J connectivity index is 1.45. The van der Waals surface area contributed by atoms with Crippen LogP contribution in [0.4, 0.5) is 5.69 Å². The third kappa shape index (κ3) is 9.08. The van der Waals surface area contributed by atoms with Gasteiger partial charge in [-0.25, -0.2) is 0 Å². The molecule has 0 amide bonds. The maximum Gasteiger partial charge on any atom is 0.142 e. The van der Waals surface area contributed by atoms with Crippen LogP contribution in [0.15, 0.2) is 42.5 Å². The van der Waals surface area contributed by atoms with Gasteiger partial charge >= 0.3 is 0 Å². The number of piperidine rings is 1. The van der Waals surface area contributed by atoms with Crippen LogP contribution in [0.3, 0.4) is 0 Å². The number of rotatable bonds is 16. The van der Waals surface area contributed by atoms with Gasteiger partial charge in [-0.1, -0.05) is 30.3 Å². The van der Waals surface area contributed by atoms with E-state index in [0.717, 1.165) is 67.6 Å². The van der Waals surface area contributed by atoms with Crippen LogP contribution in [0.25, 0.3) is 0 Å². The summed E-state index contributed by atoms with van der Waals surface area (Å²) in [6, 6.07) is 15.0. The normalized spacial score (nSPS) is 21.6. The monoisotopic (exact) mass is 574 g/mol. The molecule has 40 heavy (non-hydrogen) atoms. The van der Waals surface area contributed by atoms with Crippen LogP contribution in [-0.4, -0.2) is 95.1 Å². The van der Waals surface area contributed by atoms with Gasteiger partial charge in [0, 0.05) is 45.0 Å². The van der Waals surface area contributed by atoms with Gasteiger partial charge in [-0.15, -0.1) is 0 Å². The summed E-state index contributed by atoms with van der Waals surface area (Å²) >= 11 is 1.79. The zero-order valence-electron chi connectivity index (χ0n) is 24.2. The fourth-order valence-corrected chi connectivity index (χ4v) is 5.57. The first-order valence-corrected chi connectivity index (χ1v) is 15.8. The first kappa shape index (κ1) is 31.1. The molecule has 4 rings (SSSR count). The number of ether oxygens (including phenoxy) is 5. The predicted molar refractivity (Wildman–Crippen MR) is 161 cm³/mol. The fourth-order valence-electron chi connectivity index (χ4n) is 5.29. The molecule has 0 spiro atoms. The first-order chi connectivity index (χ1) is 19.6. The highest BCUT2D eigenvalue weighted by molar-refractivity contribution is 7.98. The minimum absolute atomic E-state index is 0.0398. The van der Waals surface area contributed by atoms with Gasteiger partial charge in [0.1, 0.15) is 12.4 Å². The van der Waals surface area contributed by atoms with Crippen LogP contribution in [0, 0.1) is 0 Å². The molecule has 222 valence electrons. The van der Waals surface area contributed by atoms with Crippen molar-refractivity contribution in [1.29, 1.82) is 0 Å². The van der Waals surface area contributed by atoms with E-state index in [-0.39, 0.29) is 18.1 Å². The van der Waals surface area contributed by atoms with Crippen LogP contribution >= 0.6 is 11.8 Å². The Kier molecular flexibility index (Phi) is 12.9. The molecule has 1 fully saturated rings. The molecule has 2 aliphatic heterocycles. The Hall–Kier alpha value is -1.85. The van der Waals surface area contributed by atoms with E-state index in [0.29, 0.717) is 33.0 Å². The minimum Gasteiger partial charge on any atom is -0.490 e. The van der Waals surface area contributed by atoms with E-state index in [2.05, 4.69) is 58.9 Å². The third-order valence-corrected chi connectivity index (χ3v) is 7.91. The molecule has 2 aliphatic rings. The highest BCUT2D eigenvalue weighted by atomic mass is 32.2. The molecule has 2 aromatic rings. The number of hydrogen-bond acceptors (Lipinski definition) is 9. The van der Waals surface area contributed by atoms with Gasteiger partial charge in [0.25, 0.3) is 0 Å². The van der Waals surface area contributed by atoms with Crippen molar-refractivity contribution in [2.45, 2.75) is 50.8 Å². The standard InChI is InChI=1S/C31H46N2O6S/c1-23(34)20-38-29-18-32-19-30(31(29)26-8-5-24(6-9-26)21-36-15-16-40-3)39-22-25-7-10-28-27(17-25)33(12-14-37-28)11-4-13-35-2/h5-10,17,23,29-32,34H,4,11-16,18-22H2,1-3H3/t23?,29-,30+,31+/m1/s1. The molecule has 0 radical (unpaired) electrons. The quantitative estimate of drug-likeness (QED) is 0.291. The molecule has 0 bridgehead atoms. The second kappa shape index (κ2) is 16.6. The van der Waals surface area contributed by atoms with Crippen molar-refractivity contribution in [1.82, 2.24) is 5.32 Å². The van der Waals surface area contributed by atoms with Crippen molar-refractivity contribution in [3.63, 3.8) is 0 Å². The summed E-state index contributed by atoms with van der Waals surface area (Å²) in [6.45, 7) is 8.59. The molecule has 0 aromatic heterocycles. The fraction of sp³-hybridized carbons (Fsp3) is 0.613. The smallest absolute Gasteiger partial charge is 0.142 e. The highest BCUT2D eigenvalue weighted by Gasteiger charge is 2.36. The van der Waals surface area contributed by atoms with Crippen LogP contribution in [-0.2, 0) is 32.2 Å². The van der Waals surface area contributed by atoms with Gasteiger partial charge in [0.2, 0.25) is 0 Å². The Morgan fingerprint density at radius 3 is 2.58 bits per heavy atom. The van der Waals surface area contributed by atoms with Gasteiger partial charge < -0.3 is 39.0 Å². The third-order valence-electron chi connectivity index (χ3n) is 7.33. The molecule has 0 aliphatic carbocycles. The molecule has 2 heterocycles. The van der Waals surface area contributed by atoms with E-state index < -0.39 is 6.10 Å². The number of aliphatic hydroxyl groups is 1. The number of nitrogens with zero attached hydrogens (tertiary/aromatic N) is 1. The second-order valence-electron chi connectivity index (χ2n) is 10.5. The van der Waals surface area contributed by atoms with Gasteiger partial charge in [-0.3, -0.25) is 0 Å². The molecular weight excluding hydrogens is 528 g/mol. The maximum atomic E-state index is 9.89. The average molecular weight is 575 g/mol. The summed E-state index contributed by atoms with van der Waals surface area (Å²) in [5.41, 5.74) is 4.57. The van der Waals surface area contributed by atoms with Gasteiger partial charge in [0.05, 0.1) is 57.0 Å². The summed E-state index contributed by atoms with van der Waals surface area (Å²) in [5.74, 6) is 1.96. The van der Waals surface area contributed by atoms with Crippen molar-refractivity contribution >= 4 is 17.4 Å². The van der Waals surface area contributed by atoms with E-state index >= 15 is 0 Å². The van der Waals surface area contributed by atoms with Crippen LogP contribution in [0.2, 0.25) is 0 Å². The predicted octanol–water partition coefficient (Wildman–Crippen LogP) is 3.84. The van der Waals surface area contributed by atoms with E-state index in [4.69, 9.17) is 23.7 Å². The second-order valence-corrected chi connectivity index (χ2v) is 11.5. The lowest BCUT2D eigenvalue weighted by atomic mass is 9.85. The van der Waals surface area contributed by atoms with Gasteiger partial charge in [0.15, 0.2) is 0 Å². The van der Waals surface area contributed by atoms with E-state index in [1.165, 1.54) is 5.56 Å². The van der Waals surface area contributed by atoms with Crippen LogP contribution < -0.4 is 15.0 Å². The largest absolute Gasteiger partial charge is 0.490 e. The summed E-state index contributed by atoms with van der Waals surface area (Å²) in [5, 5.41) is 13.4. The summed E-state index contributed by atoms with van der Waals surface area (Å²) < 4.78 is 29.8. The molecule has 4 atom stereocenters. The number of methoxy groups -OCH3 is 1. The zero-order valence-corrected chi connectivity index (χ0v) is 25.0. The van der Waals surface area contributed by atoms with E-state index in [1.54, 1.807) is 25.8 Å². The summed E-state index contributed by atoms with van der Waals surface area (Å²) in [6.07, 6.45) is 2.35. The van der Waals surface area contributed by atoms with Crippen molar-refractivity contribution in [3.8, 4) is 5.75 Å². The van der Waals surface area contributed by atoms with Crippen LogP contribution in [0.1, 0.15) is 36.0 Å². The number of nitrogens with one attached hydrogen (secondary N) is 1. The molecule has 0 saturated carbocycles. The number of anilines is 1. The number of thioether (sulfide) groups is 1. The molecule has 1 saturated heterocycles. The Labute approximate surface area is 243 Å². The van der Waals surface area contributed by atoms with E-state index in [9.17, 15) is 5.11 Å². The molecular formula is C31H46N2O6S. The topological polar surface area (TPSA) is 81.7 Å². The lowest BCUT2D eigenvalue weighted by molar-refractivity contribution is -0.0752. The molecule has 8 nitrogen and oxygen atoms in total. The lowest BCUT2D eigenvalue weighted by Crippen LogP contribution is -2.51. The first-order valence-electron chi connectivity index (χ1n) is 14.4. The van der Waals surface area contributed by atoms with Gasteiger partial charge in [-0.05, 0) is 48.4 Å². The average Bonchev–Trinajstić information content (AvgIpc) is 2.98. The van der Waals surface area contributed by atoms with Gasteiger partial charge in [-0.2, -0.15) is 11.8 Å². The maximum absolute atomic E-state index is 9.89. The summed E-state index contributed by atoms with van der Waals surface area (Å²) in [7, 11) is 1.74. The Morgan fingerprint density at radius 2 is 1.82 bits per heavy atom. The summed E-state index contributed by atoms with van der Waals surface area (Å²) in [4.78, 5) is 2.37. The van der Waals surface area contributed by atoms with Crippen molar-refractivity contribution < 1.29 is 28.8 Å². The molecule has 2 aromatic carbocycles. The minimum atomic E-state index is -0.521. The lowest BCUT2D eigenvalue weighted by Gasteiger charge is -2.39. The van der Waals surface area contributed by atoms with Crippen molar-refractivity contribution in [2.75, 3.05) is 76.6 Å².